The first-order chi connectivity index (χ1) is 14.5. The number of hydrogen-bond donors (Lipinski definition) is 2. The average molecular weight is 411 g/mol. The highest BCUT2D eigenvalue weighted by Gasteiger charge is 2.26. The summed E-state index contributed by atoms with van der Waals surface area (Å²) in [6, 6.07) is 11.8. The number of benzene rings is 1. The fourth-order valence-electron chi connectivity index (χ4n) is 4.38. The molecular formula is C24H38N6. The summed E-state index contributed by atoms with van der Waals surface area (Å²) in [6.07, 6.45) is 3.20. The minimum absolute atomic E-state index is 0.465. The Morgan fingerprint density at radius 3 is 2.63 bits per heavy atom. The third kappa shape index (κ3) is 5.85. The van der Waals surface area contributed by atoms with E-state index in [1.54, 1.807) is 0 Å². The molecule has 0 saturated carbocycles. The first-order valence-corrected chi connectivity index (χ1v) is 11.3. The summed E-state index contributed by atoms with van der Waals surface area (Å²) >= 11 is 0. The van der Waals surface area contributed by atoms with Gasteiger partial charge in [-0.3, -0.25) is 14.6 Å². The van der Waals surface area contributed by atoms with Gasteiger partial charge in [0.15, 0.2) is 5.96 Å². The third-order valence-corrected chi connectivity index (χ3v) is 6.22. The molecule has 0 bridgehead atoms. The summed E-state index contributed by atoms with van der Waals surface area (Å²) in [4.78, 5) is 7.44. The highest BCUT2D eigenvalue weighted by molar-refractivity contribution is 5.80. The van der Waals surface area contributed by atoms with Crippen LogP contribution in [-0.2, 0) is 20.0 Å². The van der Waals surface area contributed by atoms with Crippen LogP contribution in [0.1, 0.15) is 49.2 Å². The van der Waals surface area contributed by atoms with E-state index in [9.17, 15) is 0 Å². The molecule has 1 fully saturated rings. The zero-order valence-corrected chi connectivity index (χ0v) is 19.3. The van der Waals surface area contributed by atoms with Gasteiger partial charge in [0.05, 0.1) is 5.69 Å². The van der Waals surface area contributed by atoms with Crippen molar-refractivity contribution in [2.24, 2.45) is 12.0 Å². The predicted molar refractivity (Wildman–Crippen MR) is 125 cm³/mol. The van der Waals surface area contributed by atoms with Crippen LogP contribution in [0.15, 0.2) is 35.3 Å². The van der Waals surface area contributed by atoms with Gasteiger partial charge in [-0.05, 0) is 58.1 Å². The Balaban J connectivity index is 1.53. The summed E-state index contributed by atoms with van der Waals surface area (Å²) in [5.74, 6) is 0.936. The zero-order chi connectivity index (χ0) is 21.5. The van der Waals surface area contributed by atoms with Crippen molar-refractivity contribution in [2.45, 2.75) is 65.6 Å². The van der Waals surface area contributed by atoms with Crippen molar-refractivity contribution in [3.8, 4) is 0 Å². The van der Waals surface area contributed by atoms with E-state index < -0.39 is 0 Å². The Kier molecular flexibility index (Phi) is 7.91. The second kappa shape index (κ2) is 10.6. The molecular weight excluding hydrogens is 372 g/mol. The van der Waals surface area contributed by atoms with Crippen molar-refractivity contribution in [3.05, 3.63) is 52.8 Å². The monoisotopic (exact) mass is 410 g/mol. The number of aliphatic imine (C=N–C) groups is 1. The molecule has 1 aliphatic heterocycles. The van der Waals surface area contributed by atoms with Crippen molar-refractivity contribution in [1.82, 2.24) is 25.3 Å². The number of aryl methyl sites for hydroxylation is 2. The molecule has 164 valence electrons. The standard InChI is InChI=1S/C24H38N6/c1-6-25-24(26-14-12-23-19(3)28-29(5)20(23)4)27-22-13-15-30(18(2)16-22)17-21-10-8-7-9-11-21/h7-11,18,22H,6,12-17H2,1-5H3,(H2,25,26,27). The second-order valence-corrected chi connectivity index (χ2v) is 8.45. The van der Waals surface area contributed by atoms with Gasteiger partial charge in [-0.2, -0.15) is 5.10 Å². The number of hydrogen-bond acceptors (Lipinski definition) is 3. The molecule has 0 radical (unpaired) electrons. The van der Waals surface area contributed by atoms with Crippen LogP contribution < -0.4 is 10.6 Å². The van der Waals surface area contributed by atoms with Gasteiger partial charge >= 0.3 is 0 Å². The lowest BCUT2D eigenvalue weighted by Gasteiger charge is -2.38. The van der Waals surface area contributed by atoms with E-state index >= 15 is 0 Å². The molecule has 2 heterocycles. The maximum atomic E-state index is 4.85. The van der Waals surface area contributed by atoms with E-state index in [4.69, 9.17) is 4.99 Å². The van der Waals surface area contributed by atoms with Crippen LogP contribution in [0.3, 0.4) is 0 Å². The molecule has 2 N–H and O–H groups in total. The van der Waals surface area contributed by atoms with Gasteiger partial charge < -0.3 is 10.6 Å². The van der Waals surface area contributed by atoms with Gasteiger partial charge in [-0.25, -0.2) is 0 Å². The van der Waals surface area contributed by atoms with Crippen molar-refractivity contribution in [2.75, 3.05) is 19.6 Å². The number of guanidine groups is 1. The average Bonchev–Trinajstić information content (AvgIpc) is 2.97. The molecule has 1 saturated heterocycles. The first-order valence-electron chi connectivity index (χ1n) is 11.3. The lowest BCUT2D eigenvalue weighted by molar-refractivity contribution is 0.134. The number of piperidine rings is 1. The van der Waals surface area contributed by atoms with E-state index in [0.717, 1.165) is 57.1 Å². The molecule has 3 rings (SSSR count). The molecule has 2 aromatic rings. The van der Waals surface area contributed by atoms with Gasteiger partial charge in [0.2, 0.25) is 0 Å². The summed E-state index contributed by atoms with van der Waals surface area (Å²) in [5, 5.41) is 11.6. The SMILES string of the molecule is CCNC(=NCCc1c(C)nn(C)c1C)NC1CCN(Cc2ccccc2)C(C)C1. The number of aromatic nitrogens is 2. The summed E-state index contributed by atoms with van der Waals surface area (Å²) < 4.78 is 1.96. The fraction of sp³-hybridized carbons (Fsp3) is 0.583. The lowest BCUT2D eigenvalue weighted by atomic mass is 9.97. The van der Waals surface area contributed by atoms with Crippen LogP contribution in [0.2, 0.25) is 0 Å². The molecule has 0 amide bonds. The molecule has 2 atom stereocenters. The molecule has 6 heteroatoms. The Morgan fingerprint density at radius 1 is 1.23 bits per heavy atom. The van der Waals surface area contributed by atoms with Crippen LogP contribution in [0, 0.1) is 13.8 Å². The molecule has 0 aliphatic carbocycles. The van der Waals surface area contributed by atoms with Crippen LogP contribution >= 0.6 is 0 Å². The Bertz CT molecular complexity index is 826. The normalized spacial score (nSPS) is 20.4. The van der Waals surface area contributed by atoms with Gasteiger partial charge in [0, 0.05) is 51.0 Å². The Hall–Kier alpha value is -2.34. The lowest BCUT2D eigenvalue weighted by Crippen LogP contribution is -2.51. The maximum Gasteiger partial charge on any atom is 0.191 e. The number of likely N-dealkylation sites (tertiary alicyclic amines) is 1. The van der Waals surface area contributed by atoms with Crippen molar-refractivity contribution >= 4 is 5.96 Å². The summed E-state index contributed by atoms with van der Waals surface area (Å²) in [5.41, 5.74) is 5.06. The molecule has 1 aromatic carbocycles. The van der Waals surface area contributed by atoms with Crippen LogP contribution in [0.25, 0.3) is 0 Å². The quantitative estimate of drug-likeness (QED) is 0.544. The first kappa shape index (κ1) is 22.3. The molecule has 6 nitrogen and oxygen atoms in total. The van der Waals surface area contributed by atoms with Crippen LogP contribution in [-0.4, -0.2) is 52.4 Å². The van der Waals surface area contributed by atoms with Gasteiger partial charge in [0.1, 0.15) is 0 Å². The maximum absolute atomic E-state index is 4.85. The Labute approximate surface area is 181 Å². The second-order valence-electron chi connectivity index (χ2n) is 8.45. The molecule has 1 aromatic heterocycles. The summed E-state index contributed by atoms with van der Waals surface area (Å²) in [7, 11) is 2.01. The number of rotatable bonds is 7. The molecule has 30 heavy (non-hydrogen) atoms. The topological polar surface area (TPSA) is 57.5 Å². The van der Waals surface area contributed by atoms with E-state index in [2.05, 4.69) is 78.7 Å². The van der Waals surface area contributed by atoms with Gasteiger partial charge in [-0.1, -0.05) is 30.3 Å². The van der Waals surface area contributed by atoms with Crippen molar-refractivity contribution < 1.29 is 0 Å². The third-order valence-electron chi connectivity index (χ3n) is 6.22. The van der Waals surface area contributed by atoms with Gasteiger partial charge in [-0.15, -0.1) is 0 Å². The highest BCUT2D eigenvalue weighted by Crippen LogP contribution is 2.20. The van der Waals surface area contributed by atoms with E-state index in [-0.39, 0.29) is 0 Å². The van der Waals surface area contributed by atoms with Crippen molar-refractivity contribution in [1.29, 1.82) is 0 Å². The van der Waals surface area contributed by atoms with E-state index in [0.29, 0.717) is 12.1 Å². The van der Waals surface area contributed by atoms with Crippen LogP contribution in [0.5, 0.6) is 0 Å². The van der Waals surface area contributed by atoms with E-state index in [1.165, 1.54) is 16.8 Å². The van der Waals surface area contributed by atoms with Gasteiger partial charge in [0.25, 0.3) is 0 Å². The highest BCUT2D eigenvalue weighted by atomic mass is 15.3. The minimum Gasteiger partial charge on any atom is -0.357 e. The predicted octanol–water partition coefficient (Wildman–Crippen LogP) is 3.19. The largest absolute Gasteiger partial charge is 0.357 e. The molecule has 1 aliphatic rings. The Morgan fingerprint density at radius 2 is 2.00 bits per heavy atom. The fourth-order valence-corrected chi connectivity index (χ4v) is 4.38. The molecule has 2 unspecified atom stereocenters. The zero-order valence-electron chi connectivity index (χ0n) is 19.3. The molecule has 0 spiro atoms. The van der Waals surface area contributed by atoms with E-state index in [1.807, 2.05) is 11.7 Å². The number of nitrogens with one attached hydrogen (secondary N) is 2. The van der Waals surface area contributed by atoms with Crippen molar-refractivity contribution in [3.63, 3.8) is 0 Å². The smallest absolute Gasteiger partial charge is 0.191 e. The van der Waals surface area contributed by atoms with Crippen LogP contribution in [0.4, 0.5) is 0 Å². The summed E-state index contributed by atoms with van der Waals surface area (Å²) in [6.45, 7) is 12.5. The minimum atomic E-state index is 0.465. The number of nitrogens with zero attached hydrogens (tertiary/aromatic N) is 4.